The Morgan fingerprint density at radius 2 is 2.04 bits per heavy atom. The first-order valence-corrected chi connectivity index (χ1v) is 9.70. The van der Waals surface area contributed by atoms with Crippen LogP contribution in [0.1, 0.15) is 0 Å². The molecule has 3 aromatic rings. The zero-order chi connectivity index (χ0) is 18.0. The zero-order valence-corrected chi connectivity index (χ0v) is 14.8. The van der Waals surface area contributed by atoms with E-state index in [-0.39, 0.29) is 26.6 Å². The Balaban J connectivity index is 1.89. The van der Waals surface area contributed by atoms with Crippen molar-refractivity contribution < 1.29 is 22.7 Å². The number of anilines is 1. The molecule has 0 amide bonds. The SMILES string of the molecule is O=C([O-])CSc1nc2cc(S(=O)(=O)Nc3ccccc3Cl)ccc2o1. The van der Waals surface area contributed by atoms with E-state index in [4.69, 9.17) is 16.0 Å². The molecule has 2 aromatic carbocycles. The summed E-state index contributed by atoms with van der Waals surface area (Å²) in [6.07, 6.45) is 0. The first-order valence-electron chi connectivity index (χ1n) is 6.86. The highest BCUT2D eigenvalue weighted by atomic mass is 35.5. The maximum atomic E-state index is 12.5. The van der Waals surface area contributed by atoms with Gasteiger partial charge in [-0.2, -0.15) is 0 Å². The van der Waals surface area contributed by atoms with Gasteiger partial charge in [0.15, 0.2) is 5.58 Å². The Labute approximate surface area is 152 Å². The number of nitrogens with zero attached hydrogens (tertiary/aromatic N) is 1. The van der Waals surface area contributed by atoms with Crippen LogP contribution in [-0.2, 0) is 14.8 Å². The fourth-order valence-corrected chi connectivity index (χ4v) is 3.87. The van der Waals surface area contributed by atoms with Crippen molar-refractivity contribution in [2.75, 3.05) is 10.5 Å². The number of nitrogens with one attached hydrogen (secondary N) is 1. The van der Waals surface area contributed by atoms with Crippen LogP contribution in [0.3, 0.4) is 0 Å². The lowest BCUT2D eigenvalue weighted by Crippen LogP contribution is -2.24. The molecule has 25 heavy (non-hydrogen) atoms. The molecular formula is C15H10ClN2O5S2-. The number of oxazole rings is 1. The third-order valence-electron chi connectivity index (χ3n) is 3.08. The lowest BCUT2D eigenvalue weighted by molar-refractivity contribution is -0.301. The molecule has 0 radical (unpaired) electrons. The Hall–Kier alpha value is -2.23. The molecule has 0 atom stereocenters. The zero-order valence-electron chi connectivity index (χ0n) is 12.4. The number of carboxylic acids is 1. The number of thioether (sulfide) groups is 1. The average Bonchev–Trinajstić information content (AvgIpc) is 2.97. The van der Waals surface area contributed by atoms with Crippen LogP contribution in [0.25, 0.3) is 11.1 Å². The number of carbonyl (C=O) groups is 1. The number of hydrogen-bond acceptors (Lipinski definition) is 7. The first-order chi connectivity index (χ1) is 11.8. The molecule has 0 fully saturated rings. The molecule has 0 aliphatic carbocycles. The highest BCUT2D eigenvalue weighted by Crippen LogP contribution is 2.27. The number of aromatic nitrogens is 1. The molecule has 1 heterocycles. The minimum atomic E-state index is -3.87. The molecule has 0 aliphatic heterocycles. The number of hydrogen-bond donors (Lipinski definition) is 1. The van der Waals surface area contributed by atoms with Gasteiger partial charge in [-0.25, -0.2) is 13.4 Å². The van der Waals surface area contributed by atoms with Crippen molar-refractivity contribution in [2.24, 2.45) is 0 Å². The minimum Gasteiger partial charge on any atom is -0.549 e. The van der Waals surface area contributed by atoms with E-state index in [1.165, 1.54) is 18.2 Å². The number of aliphatic carboxylic acids is 1. The molecule has 1 aromatic heterocycles. The van der Waals surface area contributed by atoms with Gasteiger partial charge < -0.3 is 14.3 Å². The third kappa shape index (κ3) is 4.06. The Morgan fingerprint density at radius 3 is 2.76 bits per heavy atom. The summed E-state index contributed by atoms with van der Waals surface area (Å²) in [5.41, 5.74) is 0.898. The fourth-order valence-electron chi connectivity index (χ4n) is 1.98. The molecule has 130 valence electrons. The maximum Gasteiger partial charge on any atom is 0.262 e. The molecule has 10 heteroatoms. The van der Waals surface area contributed by atoms with Crippen molar-refractivity contribution >= 4 is 56.1 Å². The molecule has 0 saturated carbocycles. The van der Waals surface area contributed by atoms with Crippen molar-refractivity contribution in [3.63, 3.8) is 0 Å². The van der Waals surface area contributed by atoms with Gasteiger partial charge in [-0.3, -0.25) is 4.72 Å². The van der Waals surface area contributed by atoms with Crippen molar-refractivity contribution in [1.29, 1.82) is 0 Å². The summed E-state index contributed by atoms with van der Waals surface area (Å²) in [4.78, 5) is 14.5. The second-order valence-corrected chi connectivity index (χ2v) is 7.87. The first kappa shape index (κ1) is 17.6. The molecule has 0 aliphatic rings. The van der Waals surface area contributed by atoms with E-state index in [1.54, 1.807) is 24.3 Å². The van der Waals surface area contributed by atoms with Gasteiger partial charge in [-0.1, -0.05) is 35.5 Å². The number of fused-ring (bicyclic) bond motifs is 1. The third-order valence-corrected chi connectivity index (χ3v) is 5.58. The molecule has 0 saturated heterocycles. The van der Waals surface area contributed by atoms with E-state index in [0.717, 1.165) is 11.8 Å². The van der Waals surface area contributed by atoms with E-state index < -0.39 is 16.0 Å². The summed E-state index contributed by atoms with van der Waals surface area (Å²) in [5, 5.41) is 10.9. The standard InChI is InChI=1S/C15H11ClN2O5S2/c16-10-3-1-2-4-11(10)18-25(21,22)9-5-6-13-12(7-9)17-15(23-13)24-8-14(19)20/h1-7,18H,8H2,(H,19,20)/p-1. The predicted octanol–water partition coefficient (Wildman–Crippen LogP) is 2.12. The lowest BCUT2D eigenvalue weighted by Gasteiger charge is -2.09. The number of benzene rings is 2. The predicted molar refractivity (Wildman–Crippen MR) is 92.0 cm³/mol. The minimum absolute atomic E-state index is 0.0235. The van der Waals surface area contributed by atoms with Crippen LogP contribution in [0.2, 0.25) is 5.02 Å². The Kier molecular flexibility index (Phi) is 4.89. The van der Waals surface area contributed by atoms with Gasteiger partial charge in [0.2, 0.25) is 0 Å². The number of sulfonamides is 1. The Morgan fingerprint density at radius 1 is 1.28 bits per heavy atom. The molecular weight excluding hydrogens is 388 g/mol. The van der Waals surface area contributed by atoms with E-state index >= 15 is 0 Å². The second-order valence-electron chi connectivity index (χ2n) is 4.86. The monoisotopic (exact) mass is 397 g/mol. The number of carbonyl (C=O) groups excluding carboxylic acids is 1. The summed E-state index contributed by atoms with van der Waals surface area (Å²) in [6, 6.07) is 10.6. The lowest BCUT2D eigenvalue weighted by atomic mass is 10.3. The van der Waals surface area contributed by atoms with E-state index in [1.807, 2.05) is 0 Å². The van der Waals surface area contributed by atoms with Crippen LogP contribution in [-0.4, -0.2) is 25.1 Å². The fraction of sp³-hybridized carbons (Fsp3) is 0.0667. The van der Waals surface area contributed by atoms with Crippen molar-refractivity contribution in [1.82, 2.24) is 4.98 Å². The van der Waals surface area contributed by atoms with Crippen LogP contribution in [0, 0.1) is 0 Å². The van der Waals surface area contributed by atoms with Gasteiger partial charge >= 0.3 is 0 Å². The molecule has 1 N–H and O–H groups in total. The Bertz CT molecular complexity index is 1050. The summed E-state index contributed by atoms with van der Waals surface area (Å²) in [7, 11) is -3.87. The number of carboxylic acid groups (broad SMARTS) is 1. The van der Waals surface area contributed by atoms with Gasteiger partial charge in [0, 0.05) is 5.75 Å². The number of halogens is 1. The quantitative estimate of drug-likeness (QED) is 0.634. The largest absolute Gasteiger partial charge is 0.549 e. The number of rotatable bonds is 6. The van der Waals surface area contributed by atoms with Gasteiger partial charge in [-0.05, 0) is 30.3 Å². The van der Waals surface area contributed by atoms with E-state index in [9.17, 15) is 18.3 Å². The van der Waals surface area contributed by atoms with Crippen LogP contribution < -0.4 is 9.83 Å². The van der Waals surface area contributed by atoms with Crippen molar-refractivity contribution in [2.45, 2.75) is 10.1 Å². The van der Waals surface area contributed by atoms with Crippen LogP contribution >= 0.6 is 23.4 Å². The van der Waals surface area contributed by atoms with Crippen molar-refractivity contribution in [3.8, 4) is 0 Å². The van der Waals surface area contributed by atoms with Gasteiger partial charge in [-0.15, -0.1) is 0 Å². The topological polar surface area (TPSA) is 112 Å². The summed E-state index contributed by atoms with van der Waals surface area (Å²) in [6.45, 7) is 0. The van der Waals surface area contributed by atoms with Gasteiger partial charge in [0.05, 0.1) is 21.6 Å². The molecule has 0 unspecified atom stereocenters. The summed E-state index contributed by atoms with van der Waals surface area (Å²) >= 11 is 6.82. The number of para-hydroxylation sites is 1. The van der Waals surface area contributed by atoms with E-state index in [2.05, 4.69) is 9.71 Å². The highest BCUT2D eigenvalue weighted by molar-refractivity contribution is 7.99. The molecule has 7 nitrogen and oxygen atoms in total. The smallest absolute Gasteiger partial charge is 0.262 e. The summed E-state index contributed by atoms with van der Waals surface area (Å²) in [5.74, 6) is -1.56. The van der Waals surface area contributed by atoms with Crippen LogP contribution in [0.4, 0.5) is 5.69 Å². The highest BCUT2D eigenvalue weighted by Gasteiger charge is 2.18. The van der Waals surface area contributed by atoms with Gasteiger partial charge in [0.1, 0.15) is 5.52 Å². The second kappa shape index (κ2) is 6.95. The van der Waals surface area contributed by atoms with E-state index in [0.29, 0.717) is 11.1 Å². The van der Waals surface area contributed by atoms with Crippen LogP contribution in [0.5, 0.6) is 0 Å². The maximum absolute atomic E-state index is 12.5. The molecule has 0 bridgehead atoms. The van der Waals surface area contributed by atoms with Crippen molar-refractivity contribution in [3.05, 3.63) is 47.5 Å². The molecule has 0 spiro atoms. The average molecular weight is 398 g/mol. The molecule has 3 rings (SSSR count). The van der Waals surface area contributed by atoms with Gasteiger partial charge in [0.25, 0.3) is 15.2 Å². The van der Waals surface area contributed by atoms with Crippen LogP contribution in [0.15, 0.2) is 57.0 Å². The normalized spacial score (nSPS) is 11.6. The summed E-state index contributed by atoms with van der Waals surface area (Å²) < 4.78 is 32.8.